The van der Waals surface area contributed by atoms with Crippen molar-refractivity contribution in [3.8, 4) is 17.1 Å². The van der Waals surface area contributed by atoms with Crippen LogP contribution in [0, 0.1) is 5.82 Å². The highest BCUT2D eigenvalue weighted by Crippen LogP contribution is 2.39. The molecule has 1 heterocycles. The molecule has 9 heteroatoms. The maximum absolute atomic E-state index is 13.4. The van der Waals surface area contributed by atoms with E-state index in [9.17, 15) is 17.6 Å². The maximum atomic E-state index is 13.4. The highest BCUT2D eigenvalue weighted by Gasteiger charge is 2.25. The van der Waals surface area contributed by atoms with Crippen LogP contribution in [0.25, 0.3) is 22.3 Å². The Morgan fingerprint density at radius 1 is 1.10 bits per heavy atom. The third-order valence-electron chi connectivity index (χ3n) is 4.20. The molecule has 3 rings (SSSR count). The van der Waals surface area contributed by atoms with Crippen molar-refractivity contribution >= 4 is 32.6 Å². The summed E-state index contributed by atoms with van der Waals surface area (Å²) in [6, 6.07) is 8.51. The average Bonchev–Trinajstić information content (AvgIpc) is 2.98. The van der Waals surface area contributed by atoms with E-state index in [1.165, 1.54) is 30.3 Å². The topological polar surface area (TPSA) is 97.6 Å². The van der Waals surface area contributed by atoms with Gasteiger partial charge in [0.05, 0.1) is 23.6 Å². The largest absolute Gasteiger partial charge is 0.489 e. The molecule has 2 aromatic carbocycles. The summed E-state index contributed by atoms with van der Waals surface area (Å²) >= 11 is 0. The Morgan fingerprint density at radius 2 is 1.74 bits per heavy atom. The molecule has 0 saturated carbocycles. The van der Waals surface area contributed by atoms with Crippen LogP contribution >= 0.6 is 0 Å². The van der Waals surface area contributed by atoms with Gasteiger partial charge in [-0.25, -0.2) is 12.8 Å². The number of anilines is 1. The number of nitrogens with one attached hydrogen (secondary N) is 2. The number of fused-ring (bicyclic) bond motifs is 1. The second-order valence-electron chi connectivity index (χ2n) is 7.83. The van der Waals surface area contributed by atoms with Crippen molar-refractivity contribution < 1.29 is 26.8 Å². The van der Waals surface area contributed by atoms with Gasteiger partial charge in [0.2, 0.25) is 10.0 Å². The molecule has 0 bridgehead atoms. The molecule has 31 heavy (non-hydrogen) atoms. The van der Waals surface area contributed by atoms with Gasteiger partial charge in [-0.15, -0.1) is 0 Å². The van der Waals surface area contributed by atoms with Crippen molar-refractivity contribution in [3.63, 3.8) is 0 Å². The number of ether oxygens (including phenoxy) is 1. The number of furan rings is 1. The minimum absolute atomic E-state index is 0.129. The van der Waals surface area contributed by atoms with Gasteiger partial charge in [0.1, 0.15) is 22.9 Å². The minimum Gasteiger partial charge on any atom is -0.489 e. The van der Waals surface area contributed by atoms with Crippen LogP contribution in [0.1, 0.15) is 38.1 Å². The summed E-state index contributed by atoms with van der Waals surface area (Å²) in [5.74, 6) is -0.272. The van der Waals surface area contributed by atoms with E-state index in [1.807, 2.05) is 13.8 Å². The van der Waals surface area contributed by atoms with Crippen molar-refractivity contribution in [3.05, 3.63) is 47.8 Å². The van der Waals surface area contributed by atoms with E-state index in [-0.39, 0.29) is 46.4 Å². The molecule has 0 aliphatic heterocycles. The highest BCUT2D eigenvalue weighted by atomic mass is 32.2. The maximum Gasteiger partial charge on any atom is 0.256 e. The van der Waals surface area contributed by atoms with Gasteiger partial charge in [0, 0.05) is 23.1 Å². The molecule has 0 fully saturated rings. The smallest absolute Gasteiger partial charge is 0.256 e. The molecular formula is C22H25FN2O5S. The van der Waals surface area contributed by atoms with Crippen molar-refractivity contribution in [1.29, 1.82) is 0 Å². The molecular weight excluding hydrogens is 423 g/mol. The molecule has 2 N–H and O–H groups in total. The quantitative estimate of drug-likeness (QED) is 0.553. The Bertz CT molecular complexity index is 1210. The predicted molar refractivity (Wildman–Crippen MR) is 118 cm³/mol. The second kappa shape index (κ2) is 8.58. The molecule has 0 atom stereocenters. The lowest BCUT2D eigenvalue weighted by atomic mass is 10.0. The van der Waals surface area contributed by atoms with Crippen molar-refractivity contribution in [2.24, 2.45) is 0 Å². The fourth-order valence-corrected chi connectivity index (χ4v) is 3.68. The van der Waals surface area contributed by atoms with Crippen LogP contribution in [0.3, 0.4) is 0 Å². The van der Waals surface area contributed by atoms with E-state index >= 15 is 0 Å². The third-order valence-corrected chi connectivity index (χ3v) is 4.79. The lowest BCUT2D eigenvalue weighted by Gasteiger charge is -2.15. The molecule has 0 aliphatic rings. The zero-order valence-corrected chi connectivity index (χ0v) is 18.8. The second-order valence-corrected chi connectivity index (χ2v) is 9.58. The highest BCUT2D eigenvalue weighted by molar-refractivity contribution is 7.92. The van der Waals surface area contributed by atoms with E-state index in [4.69, 9.17) is 9.15 Å². The number of carbonyl (C=O) groups is 1. The van der Waals surface area contributed by atoms with Crippen LogP contribution in [-0.2, 0) is 10.0 Å². The van der Waals surface area contributed by atoms with Gasteiger partial charge >= 0.3 is 0 Å². The van der Waals surface area contributed by atoms with Gasteiger partial charge in [0.25, 0.3) is 5.91 Å². The summed E-state index contributed by atoms with van der Waals surface area (Å²) in [5, 5.41) is 3.30. The molecule has 0 aliphatic carbocycles. The van der Waals surface area contributed by atoms with Crippen LogP contribution in [0.15, 0.2) is 40.8 Å². The van der Waals surface area contributed by atoms with Crippen LogP contribution in [-0.4, -0.2) is 32.7 Å². The minimum atomic E-state index is -3.59. The first-order valence-electron chi connectivity index (χ1n) is 9.76. The van der Waals surface area contributed by atoms with E-state index in [0.717, 1.165) is 6.26 Å². The first kappa shape index (κ1) is 22.6. The van der Waals surface area contributed by atoms with Crippen molar-refractivity contribution in [2.45, 2.75) is 39.8 Å². The number of amides is 1. The number of hydrogen-bond donors (Lipinski definition) is 2. The molecule has 7 nitrogen and oxygen atoms in total. The summed E-state index contributed by atoms with van der Waals surface area (Å²) in [5.41, 5.74) is 1.25. The van der Waals surface area contributed by atoms with Gasteiger partial charge in [-0.2, -0.15) is 0 Å². The monoisotopic (exact) mass is 448 g/mol. The van der Waals surface area contributed by atoms with E-state index in [2.05, 4.69) is 10.0 Å². The standard InChI is InChI=1S/C22H25FN2O5S/c1-12(2)24-22(26)20-16-10-19(29-13(3)4)17(25-31(5,27)28)11-18(16)30-21(20)14-6-8-15(23)9-7-14/h6-13,25H,1-5H3,(H,24,26). The van der Waals surface area contributed by atoms with Gasteiger partial charge in [-0.1, -0.05) is 0 Å². The Balaban J connectivity index is 2.29. The van der Waals surface area contributed by atoms with Crippen LogP contribution < -0.4 is 14.8 Å². The first-order valence-corrected chi connectivity index (χ1v) is 11.7. The summed E-state index contributed by atoms with van der Waals surface area (Å²) in [7, 11) is -3.59. The van der Waals surface area contributed by atoms with E-state index in [1.54, 1.807) is 19.9 Å². The zero-order valence-electron chi connectivity index (χ0n) is 17.9. The number of hydrogen-bond acceptors (Lipinski definition) is 5. The molecule has 3 aromatic rings. The van der Waals surface area contributed by atoms with Crippen LogP contribution in [0.4, 0.5) is 10.1 Å². The van der Waals surface area contributed by atoms with Crippen LogP contribution in [0.2, 0.25) is 0 Å². The summed E-state index contributed by atoms with van der Waals surface area (Å²) in [6.45, 7) is 7.28. The summed E-state index contributed by atoms with van der Waals surface area (Å²) in [4.78, 5) is 13.0. The molecule has 166 valence electrons. The number of sulfonamides is 1. The average molecular weight is 449 g/mol. The Kier molecular flexibility index (Phi) is 6.26. The molecule has 0 unspecified atom stereocenters. The lowest BCUT2D eigenvalue weighted by molar-refractivity contribution is 0.0944. The number of carbonyl (C=O) groups excluding carboxylic acids is 1. The van der Waals surface area contributed by atoms with Gasteiger partial charge in [-0.05, 0) is 58.0 Å². The lowest BCUT2D eigenvalue weighted by Crippen LogP contribution is -2.30. The molecule has 1 amide bonds. The van der Waals surface area contributed by atoms with E-state index in [0.29, 0.717) is 10.9 Å². The first-order chi connectivity index (χ1) is 14.4. The number of rotatable bonds is 7. The van der Waals surface area contributed by atoms with E-state index < -0.39 is 15.8 Å². The SMILES string of the molecule is CC(C)NC(=O)c1c(-c2ccc(F)cc2)oc2cc(NS(C)(=O)=O)c(OC(C)C)cc12. The van der Waals surface area contributed by atoms with Crippen molar-refractivity contribution in [1.82, 2.24) is 5.32 Å². The van der Waals surface area contributed by atoms with Gasteiger partial charge < -0.3 is 14.5 Å². The molecule has 1 aromatic heterocycles. The predicted octanol–water partition coefficient (Wildman–Crippen LogP) is 4.54. The molecule has 0 saturated heterocycles. The number of halogens is 1. The Hall–Kier alpha value is -3.07. The normalized spacial score (nSPS) is 11.9. The van der Waals surface area contributed by atoms with Crippen LogP contribution in [0.5, 0.6) is 5.75 Å². The zero-order chi connectivity index (χ0) is 22.9. The molecule has 0 spiro atoms. The van der Waals surface area contributed by atoms with Crippen molar-refractivity contribution in [2.75, 3.05) is 11.0 Å². The van der Waals surface area contributed by atoms with Gasteiger partial charge in [-0.3, -0.25) is 9.52 Å². The Labute approximate surface area is 180 Å². The number of benzene rings is 2. The van der Waals surface area contributed by atoms with Gasteiger partial charge in [0.15, 0.2) is 0 Å². The summed E-state index contributed by atoms with van der Waals surface area (Å²) in [6.07, 6.45) is 0.790. The Morgan fingerprint density at radius 3 is 2.29 bits per heavy atom. The fourth-order valence-electron chi connectivity index (χ4n) is 3.12. The fraction of sp³-hybridized carbons (Fsp3) is 0.318. The molecule has 0 radical (unpaired) electrons. The summed E-state index contributed by atoms with van der Waals surface area (Å²) < 4.78 is 51.3. The third kappa shape index (κ3) is 5.35.